The topological polar surface area (TPSA) is 80.0 Å². The molecule has 0 fully saturated rings. The number of nitrogens with zero attached hydrogens (tertiary/aromatic N) is 6. The van der Waals surface area contributed by atoms with E-state index in [1.807, 2.05) is 9.47 Å². The van der Waals surface area contributed by atoms with Gasteiger partial charge in [0.1, 0.15) is 23.6 Å². The van der Waals surface area contributed by atoms with Crippen LogP contribution in [0.25, 0.3) is 0 Å². The van der Waals surface area contributed by atoms with E-state index >= 15 is 0 Å². The average molecular weight is 267 g/mol. The Kier molecular flexibility index (Phi) is 2.85. The summed E-state index contributed by atoms with van der Waals surface area (Å²) in [5.41, 5.74) is 0.548. The zero-order valence-electron chi connectivity index (χ0n) is 9.49. The quantitative estimate of drug-likeness (QED) is 0.784. The Labute approximate surface area is 108 Å². The van der Waals surface area contributed by atoms with E-state index in [1.54, 1.807) is 6.33 Å². The van der Waals surface area contributed by atoms with E-state index in [0.29, 0.717) is 17.9 Å². The summed E-state index contributed by atoms with van der Waals surface area (Å²) in [7, 11) is 0. The Morgan fingerprint density at radius 2 is 2.22 bits per heavy atom. The van der Waals surface area contributed by atoms with Crippen LogP contribution in [0.1, 0.15) is 11.4 Å². The molecule has 0 amide bonds. The highest BCUT2D eigenvalue weighted by molar-refractivity contribution is 6.30. The van der Waals surface area contributed by atoms with Crippen LogP contribution in [0.2, 0.25) is 5.15 Å². The molecular formula is C10H11ClN6O. The maximum atomic E-state index is 9.36. The lowest BCUT2D eigenvalue weighted by molar-refractivity contribution is 0.281. The number of aliphatic hydroxyl groups excluding tert-OH is 1. The van der Waals surface area contributed by atoms with Gasteiger partial charge < -0.3 is 14.6 Å². The van der Waals surface area contributed by atoms with Crippen LogP contribution in [0.5, 0.6) is 0 Å². The van der Waals surface area contributed by atoms with Crippen LogP contribution in [-0.4, -0.2) is 36.4 Å². The van der Waals surface area contributed by atoms with Gasteiger partial charge in [-0.05, 0) is 0 Å². The van der Waals surface area contributed by atoms with Gasteiger partial charge >= 0.3 is 0 Å². The normalized spacial score (nSPS) is 14.7. The molecule has 3 rings (SSSR count). The number of fused-ring (bicyclic) bond motifs is 1. The van der Waals surface area contributed by atoms with E-state index in [2.05, 4.69) is 20.2 Å². The third-order valence-electron chi connectivity index (χ3n) is 2.97. The van der Waals surface area contributed by atoms with Crippen molar-refractivity contribution in [1.82, 2.24) is 24.7 Å². The summed E-state index contributed by atoms with van der Waals surface area (Å²) < 4.78 is 2.00. The zero-order valence-corrected chi connectivity index (χ0v) is 10.2. The maximum Gasteiger partial charge on any atom is 0.152 e. The van der Waals surface area contributed by atoms with Gasteiger partial charge in [0, 0.05) is 13.1 Å². The van der Waals surface area contributed by atoms with E-state index in [0.717, 1.165) is 18.9 Å². The molecule has 1 aliphatic heterocycles. The lowest BCUT2D eigenvalue weighted by Crippen LogP contribution is -2.35. The third-order valence-corrected chi connectivity index (χ3v) is 3.29. The first-order valence-corrected chi connectivity index (χ1v) is 5.89. The highest BCUT2D eigenvalue weighted by Gasteiger charge is 2.22. The van der Waals surface area contributed by atoms with Gasteiger partial charge in [-0.1, -0.05) is 11.6 Å². The summed E-state index contributed by atoms with van der Waals surface area (Å²) in [4.78, 5) is 10.1. The van der Waals surface area contributed by atoms with Crippen LogP contribution in [0.15, 0.2) is 12.7 Å². The summed E-state index contributed by atoms with van der Waals surface area (Å²) in [5.74, 6) is 1.53. The number of aromatic nitrogens is 5. The lowest BCUT2D eigenvalue weighted by Gasteiger charge is -2.29. The molecule has 0 bridgehead atoms. The molecule has 1 N–H and O–H groups in total. The number of anilines is 1. The van der Waals surface area contributed by atoms with Crippen molar-refractivity contribution >= 4 is 17.4 Å². The Bertz CT molecular complexity index is 571. The molecule has 0 unspecified atom stereocenters. The molecule has 1 aliphatic rings. The Morgan fingerprint density at radius 1 is 1.33 bits per heavy atom. The zero-order chi connectivity index (χ0) is 12.5. The molecule has 0 saturated carbocycles. The Morgan fingerprint density at radius 3 is 3.06 bits per heavy atom. The van der Waals surface area contributed by atoms with Gasteiger partial charge in [-0.3, -0.25) is 0 Å². The van der Waals surface area contributed by atoms with Crippen LogP contribution < -0.4 is 4.90 Å². The molecule has 8 heteroatoms. The lowest BCUT2D eigenvalue weighted by atomic mass is 10.2. The molecule has 2 aromatic rings. The molecule has 0 atom stereocenters. The molecule has 7 nitrogen and oxygen atoms in total. The molecule has 0 saturated heterocycles. The predicted octanol–water partition coefficient (Wildman–Crippen LogP) is 0.234. The second kappa shape index (κ2) is 4.51. The fourth-order valence-corrected chi connectivity index (χ4v) is 2.23. The first-order chi connectivity index (χ1) is 8.79. The van der Waals surface area contributed by atoms with Crippen LogP contribution >= 0.6 is 11.6 Å². The second-order valence-corrected chi connectivity index (χ2v) is 4.34. The molecule has 3 heterocycles. The van der Waals surface area contributed by atoms with Crippen molar-refractivity contribution < 1.29 is 5.11 Å². The van der Waals surface area contributed by atoms with E-state index in [-0.39, 0.29) is 11.8 Å². The summed E-state index contributed by atoms with van der Waals surface area (Å²) in [5, 5.41) is 17.6. The SMILES string of the molecule is OCc1c(Cl)ncnc1N1CCn2cnnc2C1. The molecular weight excluding hydrogens is 256 g/mol. The van der Waals surface area contributed by atoms with Crippen molar-refractivity contribution in [1.29, 1.82) is 0 Å². The van der Waals surface area contributed by atoms with Crippen molar-refractivity contribution in [2.45, 2.75) is 19.7 Å². The van der Waals surface area contributed by atoms with E-state index in [1.165, 1.54) is 6.33 Å². The summed E-state index contributed by atoms with van der Waals surface area (Å²) in [6.07, 6.45) is 3.11. The molecule has 2 aromatic heterocycles. The highest BCUT2D eigenvalue weighted by Crippen LogP contribution is 2.25. The van der Waals surface area contributed by atoms with Crippen molar-refractivity contribution in [2.24, 2.45) is 0 Å². The number of aliphatic hydroxyl groups is 1. The number of hydrogen-bond acceptors (Lipinski definition) is 6. The summed E-state index contributed by atoms with van der Waals surface area (Å²) in [6, 6.07) is 0. The smallest absolute Gasteiger partial charge is 0.152 e. The fourth-order valence-electron chi connectivity index (χ4n) is 2.04. The fraction of sp³-hybridized carbons (Fsp3) is 0.400. The second-order valence-electron chi connectivity index (χ2n) is 3.99. The van der Waals surface area contributed by atoms with Gasteiger partial charge in [0.25, 0.3) is 0 Å². The van der Waals surface area contributed by atoms with Gasteiger partial charge in [0.05, 0.1) is 18.7 Å². The molecule has 0 aromatic carbocycles. The first kappa shape index (κ1) is 11.4. The van der Waals surface area contributed by atoms with E-state index in [4.69, 9.17) is 11.6 Å². The van der Waals surface area contributed by atoms with Crippen molar-refractivity contribution in [3.63, 3.8) is 0 Å². The van der Waals surface area contributed by atoms with E-state index in [9.17, 15) is 5.11 Å². The van der Waals surface area contributed by atoms with Gasteiger partial charge in [0.2, 0.25) is 0 Å². The number of rotatable bonds is 2. The molecule has 18 heavy (non-hydrogen) atoms. The third kappa shape index (κ3) is 1.81. The molecule has 0 radical (unpaired) electrons. The largest absolute Gasteiger partial charge is 0.391 e. The van der Waals surface area contributed by atoms with Crippen molar-refractivity contribution in [2.75, 3.05) is 11.4 Å². The van der Waals surface area contributed by atoms with Gasteiger partial charge in [-0.2, -0.15) is 0 Å². The molecule has 0 spiro atoms. The van der Waals surface area contributed by atoms with Crippen LogP contribution in [-0.2, 0) is 19.7 Å². The summed E-state index contributed by atoms with van der Waals surface area (Å²) in [6.45, 7) is 1.97. The minimum atomic E-state index is -0.182. The Hall–Kier alpha value is -1.73. The minimum Gasteiger partial charge on any atom is -0.391 e. The van der Waals surface area contributed by atoms with E-state index < -0.39 is 0 Å². The monoisotopic (exact) mass is 266 g/mol. The van der Waals surface area contributed by atoms with Crippen molar-refractivity contribution in [3.8, 4) is 0 Å². The van der Waals surface area contributed by atoms with Gasteiger partial charge in [-0.25, -0.2) is 9.97 Å². The van der Waals surface area contributed by atoms with Crippen LogP contribution in [0.3, 0.4) is 0 Å². The molecule has 94 valence electrons. The van der Waals surface area contributed by atoms with Gasteiger partial charge in [0.15, 0.2) is 5.82 Å². The average Bonchev–Trinajstić information content (AvgIpc) is 2.85. The van der Waals surface area contributed by atoms with Crippen LogP contribution in [0, 0.1) is 0 Å². The molecule has 0 aliphatic carbocycles. The predicted molar refractivity (Wildman–Crippen MR) is 64.0 cm³/mol. The summed E-state index contributed by atoms with van der Waals surface area (Å²) >= 11 is 5.96. The van der Waals surface area contributed by atoms with Crippen LogP contribution in [0.4, 0.5) is 5.82 Å². The first-order valence-electron chi connectivity index (χ1n) is 5.51. The minimum absolute atomic E-state index is 0.182. The Balaban J connectivity index is 1.95. The van der Waals surface area contributed by atoms with Gasteiger partial charge in [-0.15, -0.1) is 10.2 Å². The number of hydrogen-bond donors (Lipinski definition) is 1. The van der Waals surface area contributed by atoms with Crippen molar-refractivity contribution in [3.05, 3.63) is 29.2 Å². The highest BCUT2D eigenvalue weighted by atomic mass is 35.5. The standard InChI is InChI=1S/C10H11ClN6O/c11-9-7(4-18)10(13-5-12-9)16-1-2-17-6-14-15-8(17)3-16/h5-6,18H,1-4H2. The number of halogens is 1. The maximum absolute atomic E-state index is 9.36.